The summed E-state index contributed by atoms with van der Waals surface area (Å²) in [4.78, 5) is 15.9. The van der Waals surface area contributed by atoms with E-state index in [9.17, 15) is 4.79 Å². The predicted molar refractivity (Wildman–Crippen MR) is 66.2 cm³/mol. The number of alkyl halides is 1. The van der Waals surface area contributed by atoms with Gasteiger partial charge in [0.1, 0.15) is 0 Å². The molecule has 0 aliphatic carbocycles. The average molecular weight is 249 g/mol. The van der Waals surface area contributed by atoms with Crippen molar-refractivity contribution in [3.05, 3.63) is 41.6 Å². The minimum Gasteiger partial charge on any atom is -0.411 e. The Morgan fingerprint density at radius 3 is 2.94 bits per heavy atom. The van der Waals surface area contributed by atoms with Crippen molar-refractivity contribution in [3.63, 3.8) is 0 Å². The third-order valence-corrected chi connectivity index (χ3v) is 2.60. The van der Waals surface area contributed by atoms with Crippen molar-refractivity contribution in [2.75, 3.05) is 5.88 Å². The molecule has 1 aromatic heterocycles. The largest absolute Gasteiger partial charge is 0.411 e. The molecule has 2 rings (SSSR count). The Morgan fingerprint density at radius 2 is 2.24 bits per heavy atom. The minimum atomic E-state index is -0.178. The Kier molecular flexibility index (Phi) is 3.35. The van der Waals surface area contributed by atoms with E-state index < -0.39 is 0 Å². The maximum Gasteiger partial charge on any atom is 0.179 e. The van der Waals surface area contributed by atoms with Crippen LogP contribution >= 0.6 is 11.6 Å². The smallest absolute Gasteiger partial charge is 0.179 e. The van der Waals surface area contributed by atoms with E-state index in [1.807, 2.05) is 12.1 Å². The van der Waals surface area contributed by atoms with Gasteiger partial charge in [-0.05, 0) is 12.1 Å². The Balaban J connectivity index is 2.67. The van der Waals surface area contributed by atoms with Crippen molar-refractivity contribution >= 4 is 34.5 Å². The van der Waals surface area contributed by atoms with Gasteiger partial charge in [-0.2, -0.15) is 0 Å². The number of nitrogens with zero attached hydrogens (tertiary/aromatic N) is 2. The first kappa shape index (κ1) is 11.5. The van der Waals surface area contributed by atoms with Crippen LogP contribution in [-0.4, -0.2) is 28.1 Å². The lowest BCUT2D eigenvalue weighted by Crippen LogP contribution is -2.03. The standard InChI is InChI=1S/C12H9ClN2O2/c13-6-11(16)10-3-1-2-8-4-5-9(7-14-17)15-12(8)10/h1-5,7,17H,6H2. The molecule has 4 nitrogen and oxygen atoms in total. The predicted octanol–water partition coefficient (Wildman–Crippen LogP) is 2.46. The summed E-state index contributed by atoms with van der Waals surface area (Å²) in [6.07, 6.45) is 1.21. The highest BCUT2D eigenvalue weighted by Crippen LogP contribution is 2.17. The molecule has 5 heteroatoms. The van der Waals surface area contributed by atoms with Crippen LogP contribution in [0.15, 0.2) is 35.5 Å². The van der Waals surface area contributed by atoms with Crippen LogP contribution in [0.3, 0.4) is 0 Å². The first-order valence-corrected chi connectivity index (χ1v) is 5.46. The van der Waals surface area contributed by atoms with E-state index in [1.165, 1.54) is 6.21 Å². The molecule has 0 atom stereocenters. The topological polar surface area (TPSA) is 62.5 Å². The van der Waals surface area contributed by atoms with Crippen LogP contribution in [0.1, 0.15) is 16.1 Å². The van der Waals surface area contributed by atoms with E-state index in [2.05, 4.69) is 10.1 Å². The van der Waals surface area contributed by atoms with Gasteiger partial charge in [-0.25, -0.2) is 4.98 Å². The normalized spacial score (nSPS) is 11.1. The maximum absolute atomic E-state index is 11.6. The van der Waals surface area contributed by atoms with E-state index in [0.29, 0.717) is 16.8 Å². The number of oxime groups is 1. The number of rotatable bonds is 3. The highest BCUT2D eigenvalue weighted by Gasteiger charge is 2.10. The molecule has 0 radical (unpaired) electrons. The number of pyridine rings is 1. The van der Waals surface area contributed by atoms with Crippen molar-refractivity contribution in [1.29, 1.82) is 0 Å². The summed E-state index contributed by atoms with van der Waals surface area (Å²) < 4.78 is 0. The lowest BCUT2D eigenvalue weighted by atomic mass is 10.1. The summed E-state index contributed by atoms with van der Waals surface area (Å²) in [5.74, 6) is -0.262. The number of para-hydroxylation sites is 1. The van der Waals surface area contributed by atoms with E-state index in [1.54, 1.807) is 18.2 Å². The van der Waals surface area contributed by atoms with Crippen LogP contribution in [0.4, 0.5) is 0 Å². The summed E-state index contributed by atoms with van der Waals surface area (Å²) in [6.45, 7) is 0. The van der Waals surface area contributed by atoms with Crippen LogP contribution in [-0.2, 0) is 0 Å². The highest BCUT2D eigenvalue weighted by molar-refractivity contribution is 6.31. The van der Waals surface area contributed by atoms with Gasteiger partial charge in [0.15, 0.2) is 5.78 Å². The van der Waals surface area contributed by atoms with Gasteiger partial charge in [-0.15, -0.1) is 11.6 Å². The van der Waals surface area contributed by atoms with Gasteiger partial charge >= 0.3 is 0 Å². The molecule has 0 aliphatic heterocycles. The second-order valence-corrected chi connectivity index (χ2v) is 3.68. The monoisotopic (exact) mass is 248 g/mol. The van der Waals surface area contributed by atoms with Gasteiger partial charge in [0.2, 0.25) is 0 Å². The second kappa shape index (κ2) is 4.93. The summed E-state index contributed by atoms with van der Waals surface area (Å²) in [7, 11) is 0. The molecular formula is C12H9ClN2O2. The summed E-state index contributed by atoms with van der Waals surface area (Å²) in [5.41, 5.74) is 1.52. The number of carbonyl (C=O) groups excluding carboxylic acids is 1. The highest BCUT2D eigenvalue weighted by atomic mass is 35.5. The lowest BCUT2D eigenvalue weighted by molar-refractivity contribution is 0.102. The molecule has 0 fully saturated rings. The van der Waals surface area contributed by atoms with E-state index in [4.69, 9.17) is 16.8 Å². The zero-order valence-corrected chi connectivity index (χ0v) is 9.55. The fourth-order valence-corrected chi connectivity index (χ4v) is 1.73. The number of hydrogen-bond donors (Lipinski definition) is 1. The number of halogens is 1. The van der Waals surface area contributed by atoms with Crippen molar-refractivity contribution in [2.24, 2.45) is 5.16 Å². The fraction of sp³-hybridized carbons (Fsp3) is 0.0833. The zero-order chi connectivity index (χ0) is 12.3. The average Bonchev–Trinajstić information content (AvgIpc) is 2.37. The molecule has 1 N–H and O–H groups in total. The molecule has 17 heavy (non-hydrogen) atoms. The molecule has 2 aromatic rings. The van der Waals surface area contributed by atoms with Crippen molar-refractivity contribution in [1.82, 2.24) is 4.98 Å². The Labute approximate surface area is 103 Å². The van der Waals surface area contributed by atoms with Gasteiger partial charge in [0.05, 0.1) is 23.3 Å². The minimum absolute atomic E-state index is 0.0842. The van der Waals surface area contributed by atoms with E-state index >= 15 is 0 Å². The van der Waals surface area contributed by atoms with Crippen molar-refractivity contribution < 1.29 is 10.0 Å². The Bertz CT molecular complexity index is 596. The number of carbonyl (C=O) groups is 1. The van der Waals surface area contributed by atoms with Crippen molar-refractivity contribution in [2.45, 2.75) is 0 Å². The summed E-state index contributed by atoms with van der Waals surface area (Å²) >= 11 is 5.54. The molecule has 0 saturated heterocycles. The third-order valence-electron chi connectivity index (χ3n) is 2.35. The number of Topliss-reactive ketones (excluding diaryl/α,β-unsaturated/α-hetero) is 1. The molecule has 0 unspecified atom stereocenters. The quantitative estimate of drug-likeness (QED) is 0.298. The second-order valence-electron chi connectivity index (χ2n) is 3.41. The van der Waals surface area contributed by atoms with Crippen LogP contribution in [0, 0.1) is 0 Å². The molecule has 0 spiro atoms. The Morgan fingerprint density at radius 1 is 1.41 bits per heavy atom. The van der Waals surface area contributed by atoms with Crippen LogP contribution < -0.4 is 0 Å². The van der Waals surface area contributed by atoms with Crippen LogP contribution in [0.2, 0.25) is 0 Å². The number of aromatic nitrogens is 1. The number of fused-ring (bicyclic) bond motifs is 1. The number of hydrogen-bond acceptors (Lipinski definition) is 4. The first-order chi connectivity index (χ1) is 8.26. The third kappa shape index (κ3) is 2.26. The summed E-state index contributed by atoms with van der Waals surface area (Å²) in [5, 5.41) is 12.2. The fourth-order valence-electron chi connectivity index (χ4n) is 1.59. The van der Waals surface area contributed by atoms with Gasteiger partial charge in [-0.3, -0.25) is 4.79 Å². The molecule has 1 aromatic carbocycles. The van der Waals surface area contributed by atoms with Crippen LogP contribution in [0.5, 0.6) is 0 Å². The van der Waals surface area contributed by atoms with Gasteiger partial charge in [-0.1, -0.05) is 23.4 Å². The molecule has 0 aliphatic rings. The molecule has 0 saturated carbocycles. The van der Waals surface area contributed by atoms with Crippen LogP contribution in [0.25, 0.3) is 10.9 Å². The van der Waals surface area contributed by atoms with E-state index in [-0.39, 0.29) is 11.7 Å². The molecule has 86 valence electrons. The van der Waals surface area contributed by atoms with Crippen molar-refractivity contribution in [3.8, 4) is 0 Å². The maximum atomic E-state index is 11.6. The zero-order valence-electron chi connectivity index (χ0n) is 8.80. The molecular weight excluding hydrogens is 240 g/mol. The summed E-state index contributed by atoms with van der Waals surface area (Å²) in [6, 6.07) is 8.83. The van der Waals surface area contributed by atoms with Gasteiger partial charge < -0.3 is 5.21 Å². The number of ketones is 1. The lowest BCUT2D eigenvalue weighted by Gasteiger charge is -2.03. The first-order valence-electron chi connectivity index (χ1n) is 4.92. The van der Waals surface area contributed by atoms with Gasteiger partial charge in [0.25, 0.3) is 0 Å². The molecule has 1 heterocycles. The van der Waals surface area contributed by atoms with Gasteiger partial charge in [0, 0.05) is 10.9 Å². The molecule has 0 bridgehead atoms. The number of benzene rings is 1. The van der Waals surface area contributed by atoms with E-state index in [0.717, 1.165) is 5.39 Å². The Hall–Kier alpha value is -1.94. The SMILES string of the molecule is O=C(CCl)c1cccc2ccc(C=NO)nc12. The molecule has 0 amide bonds.